The number of nitrogens with zero attached hydrogens (tertiary/aromatic N) is 1. The smallest absolute Gasteiger partial charge is 0.245 e. The van der Waals surface area contributed by atoms with E-state index in [9.17, 15) is 13.2 Å². The number of nitrogens with one attached hydrogen (secondary N) is 1. The highest BCUT2D eigenvalue weighted by molar-refractivity contribution is 7.89. The molecule has 5 nitrogen and oxygen atoms in total. The predicted octanol–water partition coefficient (Wildman–Crippen LogP) is 2.91. The van der Waals surface area contributed by atoms with Gasteiger partial charge in [0, 0.05) is 19.5 Å². The summed E-state index contributed by atoms with van der Waals surface area (Å²) in [4.78, 5) is 12.3. The molecule has 1 saturated heterocycles. The first-order valence-electron chi connectivity index (χ1n) is 8.37. The quantitative estimate of drug-likeness (QED) is 0.899. The number of carbonyl (C=O) groups excluding carboxylic acids is 1. The number of benzene rings is 1. The first-order chi connectivity index (χ1) is 11.0. The molecule has 0 spiro atoms. The molecule has 126 valence electrons. The molecule has 1 saturated carbocycles. The molecule has 0 aromatic heterocycles. The summed E-state index contributed by atoms with van der Waals surface area (Å²) in [6.07, 6.45) is 5.55. The zero-order valence-corrected chi connectivity index (χ0v) is 14.4. The first kappa shape index (κ1) is 16.5. The minimum atomic E-state index is -3.56. The molecule has 0 radical (unpaired) electrons. The molecule has 1 aliphatic carbocycles. The average Bonchev–Trinajstić information content (AvgIpc) is 3.33. The highest BCUT2D eigenvalue weighted by Gasteiger charge is 2.30. The zero-order valence-electron chi connectivity index (χ0n) is 13.5. The van der Waals surface area contributed by atoms with Gasteiger partial charge >= 0.3 is 0 Å². The van der Waals surface area contributed by atoms with Gasteiger partial charge in [0.25, 0.3) is 0 Å². The molecule has 2 fully saturated rings. The Morgan fingerprint density at radius 2 is 1.91 bits per heavy atom. The molecule has 0 atom stereocenters. The second kappa shape index (κ2) is 6.61. The highest BCUT2D eigenvalue weighted by Crippen LogP contribution is 2.33. The van der Waals surface area contributed by atoms with Gasteiger partial charge in [-0.05, 0) is 56.2 Å². The summed E-state index contributed by atoms with van der Waals surface area (Å²) in [5.41, 5.74) is 1.28. The van der Waals surface area contributed by atoms with Crippen molar-refractivity contribution in [3.63, 3.8) is 0 Å². The Morgan fingerprint density at radius 3 is 2.57 bits per heavy atom. The Balaban J connectivity index is 1.86. The first-order valence-corrected chi connectivity index (χ1v) is 9.81. The van der Waals surface area contributed by atoms with E-state index in [-0.39, 0.29) is 10.8 Å². The van der Waals surface area contributed by atoms with E-state index in [4.69, 9.17) is 0 Å². The number of amides is 1. The van der Waals surface area contributed by atoms with Crippen LogP contribution in [0.5, 0.6) is 0 Å². The molecule has 1 N–H and O–H groups in total. The lowest BCUT2D eigenvalue weighted by Gasteiger charge is -2.27. The molecule has 0 bridgehead atoms. The number of hydrogen-bond donors (Lipinski definition) is 1. The minimum absolute atomic E-state index is 0.0913. The van der Waals surface area contributed by atoms with Gasteiger partial charge in [-0.15, -0.1) is 0 Å². The van der Waals surface area contributed by atoms with Crippen molar-refractivity contribution in [2.24, 2.45) is 5.92 Å². The normalized spacial score (nSPS) is 19.5. The van der Waals surface area contributed by atoms with E-state index in [0.717, 1.165) is 37.7 Å². The van der Waals surface area contributed by atoms with Crippen molar-refractivity contribution in [3.05, 3.63) is 23.8 Å². The lowest BCUT2D eigenvalue weighted by atomic mass is 10.2. The third kappa shape index (κ3) is 3.93. The van der Waals surface area contributed by atoms with E-state index in [2.05, 4.69) is 5.32 Å². The maximum atomic E-state index is 13.0. The monoisotopic (exact) mass is 336 g/mol. The van der Waals surface area contributed by atoms with Crippen LogP contribution in [-0.4, -0.2) is 31.7 Å². The number of sulfonamides is 1. The van der Waals surface area contributed by atoms with Gasteiger partial charge in [0.15, 0.2) is 0 Å². The molecule has 1 heterocycles. The van der Waals surface area contributed by atoms with E-state index < -0.39 is 10.0 Å². The topological polar surface area (TPSA) is 66.5 Å². The standard InChI is InChI=1S/C17H24N2O3S/c1-13-5-8-15(18-17(20)12-14-6-7-14)16(11-13)23(21,22)19-9-3-2-4-10-19/h5,8,11,14H,2-4,6-7,9-10,12H2,1H3,(H,18,20). The lowest BCUT2D eigenvalue weighted by molar-refractivity contribution is -0.116. The molecule has 0 unspecified atom stereocenters. The van der Waals surface area contributed by atoms with Crippen LogP contribution in [0.4, 0.5) is 5.69 Å². The van der Waals surface area contributed by atoms with Crippen molar-refractivity contribution in [2.75, 3.05) is 18.4 Å². The predicted molar refractivity (Wildman–Crippen MR) is 89.8 cm³/mol. The molecule has 1 aromatic rings. The van der Waals surface area contributed by atoms with Gasteiger partial charge in [0.1, 0.15) is 4.90 Å². The van der Waals surface area contributed by atoms with Crippen molar-refractivity contribution in [2.45, 2.75) is 50.3 Å². The van der Waals surface area contributed by atoms with Gasteiger partial charge in [-0.3, -0.25) is 4.79 Å². The number of rotatable bonds is 5. The highest BCUT2D eigenvalue weighted by atomic mass is 32.2. The fourth-order valence-corrected chi connectivity index (χ4v) is 4.72. The Bertz CT molecular complexity index is 690. The summed E-state index contributed by atoms with van der Waals surface area (Å²) in [6, 6.07) is 5.20. The van der Waals surface area contributed by atoms with Gasteiger partial charge in [-0.2, -0.15) is 4.31 Å². The van der Waals surface area contributed by atoms with Crippen LogP contribution in [0, 0.1) is 12.8 Å². The van der Waals surface area contributed by atoms with Crippen LogP contribution in [0.3, 0.4) is 0 Å². The van der Waals surface area contributed by atoms with Crippen LogP contribution in [0.15, 0.2) is 23.1 Å². The number of hydrogen-bond acceptors (Lipinski definition) is 3. The van der Waals surface area contributed by atoms with Crippen molar-refractivity contribution in [1.82, 2.24) is 4.31 Å². The van der Waals surface area contributed by atoms with Gasteiger partial charge in [-0.25, -0.2) is 8.42 Å². The molecule has 6 heteroatoms. The second-order valence-electron chi connectivity index (χ2n) is 6.66. The minimum Gasteiger partial charge on any atom is -0.325 e. The van der Waals surface area contributed by atoms with Gasteiger partial charge in [0.2, 0.25) is 15.9 Å². The van der Waals surface area contributed by atoms with Gasteiger partial charge < -0.3 is 5.32 Å². The number of carbonyl (C=O) groups is 1. The van der Waals surface area contributed by atoms with Gasteiger partial charge in [-0.1, -0.05) is 12.5 Å². The maximum Gasteiger partial charge on any atom is 0.245 e. The molecule has 1 aliphatic heterocycles. The van der Waals surface area contributed by atoms with Crippen molar-refractivity contribution >= 4 is 21.6 Å². The summed E-state index contributed by atoms with van der Waals surface area (Å²) in [5.74, 6) is 0.383. The third-order valence-corrected chi connectivity index (χ3v) is 6.45. The average molecular weight is 336 g/mol. The molecule has 1 amide bonds. The molecular formula is C17H24N2O3S. The van der Waals surface area contributed by atoms with Crippen LogP contribution >= 0.6 is 0 Å². The Labute approximate surface area is 138 Å². The van der Waals surface area contributed by atoms with E-state index in [1.807, 2.05) is 13.0 Å². The van der Waals surface area contributed by atoms with Crippen LogP contribution in [-0.2, 0) is 14.8 Å². The Kier molecular flexibility index (Phi) is 4.73. The molecule has 23 heavy (non-hydrogen) atoms. The fourth-order valence-electron chi connectivity index (χ4n) is 2.98. The van der Waals surface area contributed by atoms with E-state index in [1.54, 1.807) is 16.4 Å². The maximum absolute atomic E-state index is 13.0. The van der Waals surface area contributed by atoms with E-state index in [0.29, 0.717) is 31.1 Å². The summed E-state index contributed by atoms with van der Waals surface area (Å²) in [5, 5.41) is 2.81. The number of aryl methyl sites for hydroxylation is 1. The van der Waals surface area contributed by atoms with Crippen molar-refractivity contribution in [1.29, 1.82) is 0 Å². The van der Waals surface area contributed by atoms with Crippen molar-refractivity contribution in [3.8, 4) is 0 Å². The van der Waals surface area contributed by atoms with Crippen LogP contribution in [0.25, 0.3) is 0 Å². The summed E-state index contributed by atoms with van der Waals surface area (Å²) < 4.78 is 27.4. The molecule has 2 aliphatic rings. The SMILES string of the molecule is Cc1ccc(NC(=O)CC2CC2)c(S(=O)(=O)N2CCCCC2)c1. The largest absolute Gasteiger partial charge is 0.325 e. The Hall–Kier alpha value is -1.40. The lowest BCUT2D eigenvalue weighted by Crippen LogP contribution is -2.36. The van der Waals surface area contributed by atoms with Crippen LogP contribution in [0.2, 0.25) is 0 Å². The summed E-state index contributed by atoms with van der Waals surface area (Å²) in [6.45, 7) is 2.99. The van der Waals surface area contributed by atoms with Crippen LogP contribution in [0.1, 0.15) is 44.1 Å². The fraction of sp³-hybridized carbons (Fsp3) is 0.588. The summed E-state index contributed by atoms with van der Waals surface area (Å²) >= 11 is 0. The second-order valence-corrected chi connectivity index (χ2v) is 8.57. The van der Waals surface area contributed by atoms with E-state index in [1.165, 1.54) is 0 Å². The van der Waals surface area contributed by atoms with Crippen molar-refractivity contribution < 1.29 is 13.2 Å². The third-order valence-electron chi connectivity index (χ3n) is 4.52. The van der Waals surface area contributed by atoms with E-state index >= 15 is 0 Å². The number of piperidine rings is 1. The number of anilines is 1. The zero-order chi connectivity index (χ0) is 16.4. The molecule has 1 aromatic carbocycles. The summed E-state index contributed by atoms with van der Waals surface area (Å²) in [7, 11) is -3.56. The Morgan fingerprint density at radius 1 is 1.22 bits per heavy atom. The van der Waals surface area contributed by atoms with Gasteiger partial charge in [0.05, 0.1) is 5.69 Å². The van der Waals surface area contributed by atoms with Crippen LogP contribution < -0.4 is 5.32 Å². The molecular weight excluding hydrogens is 312 g/mol. The molecule has 3 rings (SSSR count).